The smallest absolute Gasteiger partial charge is 0.321 e. The van der Waals surface area contributed by atoms with Crippen molar-refractivity contribution in [3.63, 3.8) is 0 Å². The molecule has 0 aliphatic carbocycles. The van der Waals surface area contributed by atoms with E-state index < -0.39 is 11.9 Å². The van der Waals surface area contributed by atoms with Crippen LogP contribution < -0.4 is 20.9 Å². The lowest BCUT2D eigenvalue weighted by molar-refractivity contribution is 0.0957. The number of nitrogens with zero attached hydrogens (tertiary/aromatic N) is 4. The Hall–Kier alpha value is -2.79. The largest absolute Gasteiger partial charge is 0.365 e. The second-order valence-electron chi connectivity index (χ2n) is 6.46. The molecule has 0 unspecified atom stereocenters. The van der Waals surface area contributed by atoms with E-state index in [0.29, 0.717) is 30.5 Å². The molecule has 11 heteroatoms. The predicted octanol–water partition coefficient (Wildman–Crippen LogP) is 1.50. The summed E-state index contributed by atoms with van der Waals surface area (Å²) in [4.78, 5) is 36.4. The topological polar surface area (TPSA) is 102 Å². The van der Waals surface area contributed by atoms with E-state index in [1.165, 1.54) is 24.5 Å². The molecule has 0 aromatic carbocycles. The Bertz CT molecular complexity index is 868. The molecular formula is C18H24FN7O2S. The zero-order valence-corrected chi connectivity index (χ0v) is 17.2. The Morgan fingerprint density at radius 1 is 1.24 bits per heavy atom. The fourth-order valence-electron chi connectivity index (χ4n) is 3.02. The van der Waals surface area contributed by atoms with E-state index in [1.54, 1.807) is 12.3 Å². The Labute approximate surface area is 172 Å². The van der Waals surface area contributed by atoms with Crippen LogP contribution in [-0.2, 0) is 6.54 Å². The summed E-state index contributed by atoms with van der Waals surface area (Å²) in [6.07, 6.45) is 1.76. The molecule has 3 heterocycles. The third-order valence-corrected chi connectivity index (χ3v) is 5.39. The number of carbonyl (C=O) groups excluding carboxylic acids is 2. The summed E-state index contributed by atoms with van der Waals surface area (Å²) < 4.78 is 14.3. The number of nitrogens with one attached hydrogen (secondary N) is 3. The highest BCUT2D eigenvalue weighted by Gasteiger charge is 2.22. The second kappa shape index (κ2) is 9.61. The van der Waals surface area contributed by atoms with Gasteiger partial charge in [-0.25, -0.2) is 14.8 Å². The first-order chi connectivity index (χ1) is 14.0. The van der Waals surface area contributed by atoms with Gasteiger partial charge in [0.25, 0.3) is 5.91 Å². The predicted molar refractivity (Wildman–Crippen MR) is 110 cm³/mol. The maximum Gasteiger partial charge on any atom is 0.321 e. The molecule has 1 fully saturated rings. The van der Waals surface area contributed by atoms with Crippen LogP contribution in [-0.4, -0.2) is 66.6 Å². The van der Waals surface area contributed by atoms with Crippen molar-refractivity contribution in [2.24, 2.45) is 0 Å². The van der Waals surface area contributed by atoms with Crippen LogP contribution in [0.3, 0.4) is 0 Å². The summed E-state index contributed by atoms with van der Waals surface area (Å²) in [5.74, 6) is -1.05. The van der Waals surface area contributed by atoms with E-state index in [2.05, 4.69) is 30.8 Å². The summed E-state index contributed by atoms with van der Waals surface area (Å²) in [7, 11) is 1.48. The average Bonchev–Trinajstić information content (AvgIpc) is 3.14. The van der Waals surface area contributed by atoms with Crippen molar-refractivity contribution < 1.29 is 14.0 Å². The minimum atomic E-state index is -0.636. The molecule has 0 saturated carbocycles. The number of urea groups is 1. The second-order valence-corrected chi connectivity index (χ2v) is 7.58. The van der Waals surface area contributed by atoms with Crippen LogP contribution in [0.2, 0.25) is 0 Å². The van der Waals surface area contributed by atoms with Gasteiger partial charge in [-0.1, -0.05) is 0 Å². The molecular weight excluding hydrogens is 397 g/mol. The van der Waals surface area contributed by atoms with E-state index in [-0.39, 0.29) is 11.7 Å². The minimum absolute atomic E-state index is 0.0645. The maximum atomic E-state index is 14.3. The number of pyridine rings is 1. The first kappa shape index (κ1) is 20.9. The van der Waals surface area contributed by atoms with Gasteiger partial charge in [-0.3, -0.25) is 15.0 Å². The minimum Gasteiger partial charge on any atom is -0.365 e. The van der Waals surface area contributed by atoms with Crippen molar-refractivity contribution in [2.45, 2.75) is 13.5 Å². The Kier molecular flexibility index (Phi) is 6.94. The normalized spacial score (nSPS) is 14.5. The number of thiazole rings is 1. The van der Waals surface area contributed by atoms with Gasteiger partial charge in [-0.15, -0.1) is 11.3 Å². The molecule has 3 N–H and O–H groups in total. The third kappa shape index (κ3) is 5.39. The van der Waals surface area contributed by atoms with Gasteiger partial charge in [-0.2, -0.15) is 4.39 Å². The summed E-state index contributed by atoms with van der Waals surface area (Å²) in [5, 5.41) is 8.37. The maximum absolute atomic E-state index is 14.3. The fourth-order valence-corrected chi connectivity index (χ4v) is 3.87. The van der Waals surface area contributed by atoms with Crippen LogP contribution in [0.25, 0.3) is 0 Å². The number of anilines is 2. The molecule has 9 nitrogen and oxygen atoms in total. The van der Waals surface area contributed by atoms with Crippen LogP contribution in [0.1, 0.15) is 22.3 Å². The number of amides is 3. The van der Waals surface area contributed by atoms with Gasteiger partial charge in [0.1, 0.15) is 5.69 Å². The van der Waals surface area contributed by atoms with Crippen LogP contribution in [0.15, 0.2) is 18.3 Å². The molecule has 3 amide bonds. The molecule has 3 rings (SSSR count). The monoisotopic (exact) mass is 421 g/mol. The number of aromatic nitrogens is 2. The van der Waals surface area contributed by atoms with E-state index in [0.717, 1.165) is 24.5 Å². The molecule has 156 valence electrons. The third-order valence-electron chi connectivity index (χ3n) is 4.49. The van der Waals surface area contributed by atoms with Crippen molar-refractivity contribution in [3.05, 3.63) is 34.8 Å². The van der Waals surface area contributed by atoms with E-state index >= 15 is 0 Å². The van der Waals surface area contributed by atoms with E-state index in [4.69, 9.17) is 0 Å². The lowest BCUT2D eigenvalue weighted by Crippen LogP contribution is -2.46. The number of piperazine rings is 1. The van der Waals surface area contributed by atoms with Gasteiger partial charge in [0.05, 0.1) is 5.69 Å². The van der Waals surface area contributed by atoms with Gasteiger partial charge in [0, 0.05) is 57.4 Å². The van der Waals surface area contributed by atoms with Gasteiger partial charge >= 0.3 is 6.03 Å². The first-order valence-corrected chi connectivity index (χ1v) is 10.2. The van der Waals surface area contributed by atoms with Crippen molar-refractivity contribution in [3.8, 4) is 0 Å². The zero-order valence-electron chi connectivity index (χ0n) is 16.4. The van der Waals surface area contributed by atoms with Crippen LogP contribution in [0, 0.1) is 5.95 Å². The van der Waals surface area contributed by atoms with Gasteiger partial charge < -0.3 is 15.5 Å². The zero-order chi connectivity index (χ0) is 20.8. The fraction of sp³-hybridized carbons (Fsp3) is 0.444. The van der Waals surface area contributed by atoms with Gasteiger partial charge in [0.2, 0.25) is 5.95 Å². The van der Waals surface area contributed by atoms with Crippen molar-refractivity contribution >= 4 is 34.1 Å². The summed E-state index contributed by atoms with van der Waals surface area (Å²) >= 11 is 1.44. The quantitative estimate of drug-likeness (QED) is 0.611. The first-order valence-electron chi connectivity index (χ1n) is 9.35. The highest BCUT2D eigenvalue weighted by Crippen LogP contribution is 2.23. The molecule has 2 aromatic heterocycles. The molecule has 0 atom stereocenters. The Morgan fingerprint density at radius 3 is 2.66 bits per heavy atom. The molecule has 0 bridgehead atoms. The standard InChI is InChI=1S/C18H24FN7O2S/c1-3-21-17(28)24-18-22-10-12(29-18)11-25-6-8-26(9-7-25)14-5-4-13(16(27)20-2)23-15(14)19/h4-5,10H,3,6-9,11H2,1-2H3,(H,20,27)(H2,21,22,24,28). The molecule has 1 aliphatic heterocycles. The molecule has 2 aromatic rings. The highest BCUT2D eigenvalue weighted by atomic mass is 32.1. The Balaban J connectivity index is 1.53. The number of halogens is 1. The van der Waals surface area contributed by atoms with E-state index in [9.17, 15) is 14.0 Å². The lowest BCUT2D eigenvalue weighted by atomic mass is 10.2. The Morgan fingerprint density at radius 2 is 2.00 bits per heavy atom. The van der Waals surface area contributed by atoms with Gasteiger partial charge in [0.15, 0.2) is 5.13 Å². The van der Waals surface area contributed by atoms with Gasteiger partial charge in [-0.05, 0) is 19.1 Å². The van der Waals surface area contributed by atoms with Crippen LogP contribution in [0.4, 0.5) is 20.0 Å². The molecule has 29 heavy (non-hydrogen) atoms. The summed E-state index contributed by atoms with van der Waals surface area (Å²) in [6, 6.07) is 2.87. The molecule has 1 aliphatic rings. The molecule has 1 saturated heterocycles. The van der Waals surface area contributed by atoms with Crippen LogP contribution in [0.5, 0.6) is 0 Å². The summed E-state index contributed by atoms with van der Waals surface area (Å²) in [5.41, 5.74) is 0.470. The van der Waals surface area contributed by atoms with Crippen LogP contribution >= 0.6 is 11.3 Å². The number of carbonyl (C=O) groups is 2. The highest BCUT2D eigenvalue weighted by molar-refractivity contribution is 7.15. The lowest BCUT2D eigenvalue weighted by Gasteiger charge is -2.35. The molecule has 0 radical (unpaired) electrons. The average molecular weight is 422 g/mol. The number of rotatable bonds is 6. The van der Waals surface area contributed by atoms with Crippen molar-refractivity contribution in [2.75, 3.05) is 50.0 Å². The number of hydrogen-bond acceptors (Lipinski definition) is 7. The summed E-state index contributed by atoms with van der Waals surface area (Å²) in [6.45, 7) is 5.95. The molecule has 0 spiro atoms. The van der Waals surface area contributed by atoms with E-state index in [1.807, 2.05) is 11.8 Å². The SMILES string of the molecule is CCNC(=O)Nc1ncc(CN2CCN(c3ccc(C(=O)NC)nc3F)CC2)s1. The number of hydrogen-bond donors (Lipinski definition) is 3. The van der Waals surface area contributed by atoms with Crippen molar-refractivity contribution in [1.29, 1.82) is 0 Å². The van der Waals surface area contributed by atoms with Crippen molar-refractivity contribution in [1.82, 2.24) is 25.5 Å².